The molecule has 0 spiro atoms. The van der Waals surface area contributed by atoms with E-state index in [4.69, 9.17) is 4.74 Å². The standard InChI is InChI=1S/C17H18N2O3/c1-22-17(21)14-9-5-6-10-15(14)18-12-16(20)19-11-13-7-3-2-4-8-13/h2-10,18H,11-12H2,1H3,(H,19,20). The summed E-state index contributed by atoms with van der Waals surface area (Å²) in [4.78, 5) is 23.5. The van der Waals surface area contributed by atoms with E-state index in [0.717, 1.165) is 5.56 Å². The Morgan fingerprint density at radius 3 is 2.41 bits per heavy atom. The maximum atomic E-state index is 11.9. The Hall–Kier alpha value is -2.82. The van der Waals surface area contributed by atoms with E-state index in [1.54, 1.807) is 24.3 Å². The summed E-state index contributed by atoms with van der Waals surface area (Å²) in [5.41, 5.74) is 2.01. The van der Waals surface area contributed by atoms with Gasteiger partial charge in [0.05, 0.1) is 19.2 Å². The first-order valence-corrected chi connectivity index (χ1v) is 6.92. The van der Waals surface area contributed by atoms with Gasteiger partial charge in [0.2, 0.25) is 5.91 Å². The first-order chi connectivity index (χ1) is 10.7. The Morgan fingerprint density at radius 1 is 1.00 bits per heavy atom. The fourth-order valence-corrected chi connectivity index (χ4v) is 1.96. The number of nitrogens with one attached hydrogen (secondary N) is 2. The summed E-state index contributed by atoms with van der Waals surface area (Å²) in [5, 5.41) is 5.77. The highest BCUT2D eigenvalue weighted by atomic mass is 16.5. The van der Waals surface area contributed by atoms with E-state index >= 15 is 0 Å². The third kappa shape index (κ3) is 4.34. The fourth-order valence-electron chi connectivity index (χ4n) is 1.96. The molecule has 0 aromatic heterocycles. The number of carbonyl (C=O) groups is 2. The minimum absolute atomic E-state index is 0.0842. The Balaban J connectivity index is 1.87. The molecule has 0 atom stereocenters. The zero-order valence-corrected chi connectivity index (χ0v) is 12.3. The van der Waals surface area contributed by atoms with Crippen LogP contribution in [0.4, 0.5) is 5.69 Å². The molecule has 2 aromatic carbocycles. The van der Waals surface area contributed by atoms with Crippen LogP contribution in [0.2, 0.25) is 0 Å². The average molecular weight is 298 g/mol. The topological polar surface area (TPSA) is 67.4 Å². The smallest absolute Gasteiger partial charge is 0.339 e. The lowest BCUT2D eigenvalue weighted by Gasteiger charge is -2.11. The Kier molecular flexibility index (Phi) is 5.54. The van der Waals surface area contributed by atoms with Crippen LogP contribution in [0, 0.1) is 0 Å². The van der Waals surface area contributed by atoms with Crippen molar-refractivity contribution in [3.8, 4) is 0 Å². The van der Waals surface area contributed by atoms with Gasteiger partial charge in [-0.2, -0.15) is 0 Å². The van der Waals surface area contributed by atoms with Crippen LogP contribution in [0.1, 0.15) is 15.9 Å². The summed E-state index contributed by atoms with van der Waals surface area (Å²) in [7, 11) is 1.33. The van der Waals surface area contributed by atoms with Crippen molar-refractivity contribution in [1.82, 2.24) is 5.32 Å². The van der Waals surface area contributed by atoms with Crippen LogP contribution >= 0.6 is 0 Å². The molecule has 0 unspecified atom stereocenters. The summed E-state index contributed by atoms with van der Waals surface area (Å²) in [6.45, 7) is 0.556. The van der Waals surface area contributed by atoms with Crippen LogP contribution in [0.25, 0.3) is 0 Å². The highest BCUT2D eigenvalue weighted by Gasteiger charge is 2.11. The van der Waals surface area contributed by atoms with Gasteiger partial charge in [-0.05, 0) is 17.7 Å². The molecule has 2 N–H and O–H groups in total. The van der Waals surface area contributed by atoms with E-state index in [9.17, 15) is 9.59 Å². The second kappa shape index (κ2) is 7.83. The van der Waals surface area contributed by atoms with Gasteiger partial charge in [0.15, 0.2) is 0 Å². The van der Waals surface area contributed by atoms with Crippen LogP contribution in [0.5, 0.6) is 0 Å². The number of rotatable bonds is 6. The number of anilines is 1. The third-order valence-electron chi connectivity index (χ3n) is 3.10. The average Bonchev–Trinajstić information content (AvgIpc) is 2.58. The van der Waals surface area contributed by atoms with Gasteiger partial charge in [-0.15, -0.1) is 0 Å². The number of carbonyl (C=O) groups excluding carboxylic acids is 2. The van der Waals surface area contributed by atoms with Gasteiger partial charge in [0.25, 0.3) is 0 Å². The van der Waals surface area contributed by atoms with Crippen molar-refractivity contribution in [1.29, 1.82) is 0 Å². The first-order valence-electron chi connectivity index (χ1n) is 6.92. The Labute approximate surface area is 129 Å². The molecule has 114 valence electrons. The maximum absolute atomic E-state index is 11.9. The zero-order chi connectivity index (χ0) is 15.8. The van der Waals surface area contributed by atoms with Crippen LogP contribution < -0.4 is 10.6 Å². The minimum atomic E-state index is -0.437. The number of hydrogen-bond acceptors (Lipinski definition) is 4. The summed E-state index contributed by atoms with van der Waals surface area (Å²) >= 11 is 0. The second-order valence-corrected chi connectivity index (χ2v) is 4.65. The van der Waals surface area contributed by atoms with Gasteiger partial charge < -0.3 is 15.4 Å². The van der Waals surface area contributed by atoms with Crippen molar-refractivity contribution in [2.24, 2.45) is 0 Å². The Bertz CT molecular complexity index is 641. The van der Waals surface area contributed by atoms with Crippen LogP contribution in [-0.4, -0.2) is 25.5 Å². The molecule has 1 amide bonds. The Morgan fingerprint density at radius 2 is 1.68 bits per heavy atom. The number of hydrogen-bond donors (Lipinski definition) is 2. The third-order valence-corrected chi connectivity index (χ3v) is 3.10. The molecule has 5 nitrogen and oxygen atoms in total. The molecular formula is C17H18N2O3. The van der Waals surface area contributed by atoms with E-state index in [0.29, 0.717) is 17.8 Å². The molecule has 0 aliphatic carbocycles. The molecule has 0 saturated heterocycles. The fraction of sp³-hybridized carbons (Fsp3) is 0.176. The van der Waals surface area contributed by atoms with Crippen molar-refractivity contribution in [3.63, 3.8) is 0 Å². The van der Waals surface area contributed by atoms with Crippen LogP contribution in [-0.2, 0) is 16.1 Å². The van der Waals surface area contributed by atoms with Crippen molar-refractivity contribution in [3.05, 3.63) is 65.7 Å². The molecule has 5 heteroatoms. The second-order valence-electron chi connectivity index (χ2n) is 4.65. The van der Waals surface area contributed by atoms with Crippen molar-refractivity contribution in [2.45, 2.75) is 6.54 Å². The van der Waals surface area contributed by atoms with E-state index in [1.807, 2.05) is 30.3 Å². The number of benzene rings is 2. The summed E-state index contributed by atoms with van der Waals surface area (Å²) < 4.78 is 4.71. The first kappa shape index (κ1) is 15.6. The highest BCUT2D eigenvalue weighted by molar-refractivity contribution is 5.96. The maximum Gasteiger partial charge on any atom is 0.339 e. The lowest BCUT2D eigenvalue weighted by Crippen LogP contribution is -2.29. The van der Waals surface area contributed by atoms with E-state index in [-0.39, 0.29) is 12.5 Å². The van der Waals surface area contributed by atoms with Crippen LogP contribution in [0.15, 0.2) is 54.6 Å². The van der Waals surface area contributed by atoms with Gasteiger partial charge >= 0.3 is 5.97 Å². The van der Waals surface area contributed by atoms with Gasteiger partial charge in [0, 0.05) is 12.2 Å². The molecule has 0 heterocycles. The van der Waals surface area contributed by atoms with E-state index in [1.165, 1.54) is 7.11 Å². The molecular weight excluding hydrogens is 280 g/mol. The number of methoxy groups -OCH3 is 1. The van der Waals surface area contributed by atoms with Gasteiger partial charge in [0.1, 0.15) is 0 Å². The molecule has 0 aliphatic rings. The molecule has 2 rings (SSSR count). The lowest BCUT2D eigenvalue weighted by molar-refractivity contribution is -0.119. The normalized spacial score (nSPS) is 9.86. The van der Waals surface area contributed by atoms with Crippen molar-refractivity contribution in [2.75, 3.05) is 19.0 Å². The number of amides is 1. The van der Waals surface area contributed by atoms with Crippen molar-refractivity contribution < 1.29 is 14.3 Å². The van der Waals surface area contributed by atoms with E-state index in [2.05, 4.69) is 10.6 Å². The minimum Gasteiger partial charge on any atom is -0.465 e. The number of ether oxygens (including phenoxy) is 1. The van der Waals surface area contributed by atoms with Gasteiger partial charge in [-0.25, -0.2) is 4.79 Å². The predicted octanol–water partition coefficient (Wildman–Crippen LogP) is 2.20. The number of para-hydroxylation sites is 1. The largest absolute Gasteiger partial charge is 0.465 e. The van der Waals surface area contributed by atoms with Gasteiger partial charge in [-0.1, -0.05) is 42.5 Å². The number of esters is 1. The molecule has 22 heavy (non-hydrogen) atoms. The highest BCUT2D eigenvalue weighted by Crippen LogP contribution is 2.15. The SMILES string of the molecule is COC(=O)c1ccccc1NCC(=O)NCc1ccccc1. The molecule has 0 radical (unpaired) electrons. The van der Waals surface area contributed by atoms with E-state index < -0.39 is 5.97 Å². The van der Waals surface area contributed by atoms with Crippen molar-refractivity contribution >= 4 is 17.6 Å². The van der Waals surface area contributed by atoms with Crippen LogP contribution in [0.3, 0.4) is 0 Å². The lowest BCUT2D eigenvalue weighted by atomic mass is 10.2. The summed E-state index contributed by atoms with van der Waals surface area (Å²) in [6.07, 6.45) is 0. The molecule has 0 saturated carbocycles. The summed E-state index contributed by atoms with van der Waals surface area (Å²) in [5.74, 6) is -0.587. The quantitative estimate of drug-likeness (QED) is 0.802. The molecule has 0 bridgehead atoms. The summed E-state index contributed by atoms with van der Waals surface area (Å²) in [6, 6.07) is 16.6. The predicted molar refractivity (Wildman–Crippen MR) is 84.6 cm³/mol. The van der Waals surface area contributed by atoms with Gasteiger partial charge in [-0.3, -0.25) is 4.79 Å². The monoisotopic (exact) mass is 298 g/mol. The molecule has 0 fully saturated rings. The zero-order valence-electron chi connectivity index (χ0n) is 12.3. The molecule has 0 aliphatic heterocycles. The molecule has 2 aromatic rings.